The van der Waals surface area contributed by atoms with Gasteiger partial charge in [0.05, 0.1) is 0 Å². The number of aliphatic carboxylic acids is 1. The van der Waals surface area contributed by atoms with Crippen molar-refractivity contribution in [3.63, 3.8) is 0 Å². The molecule has 0 aliphatic carbocycles. The quantitative estimate of drug-likeness (QED) is 0.862. The third-order valence-corrected chi connectivity index (χ3v) is 3.73. The standard InChI is InChI=1S/C15H15NO4S/c1-10-3-5-13(20-10)15(19)16(2)8-11-7-12(21-9-11)4-6-14(17)18/h3-7,9H,8H2,1-2H3,(H,17,18). The molecule has 21 heavy (non-hydrogen) atoms. The number of carboxylic acids is 1. The first-order chi connectivity index (χ1) is 9.95. The number of furan rings is 1. The van der Waals surface area contributed by atoms with E-state index in [1.54, 1.807) is 31.0 Å². The number of nitrogens with zero attached hydrogens (tertiary/aromatic N) is 1. The second kappa shape index (κ2) is 6.41. The second-order valence-corrected chi connectivity index (χ2v) is 5.54. The molecule has 0 saturated carbocycles. The number of amides is 1. The fourth-order valence-corrected chi connectivity index (χ4v) is 2.60. The molecule has 5 nitrogen and oxygen atoms in total. The van der Waals surface area contributed by atoms with E-state index in [0.717, 1.165) is 16.5 Å². The summed E-state index contributed by atoms with van der Waals surface area (Å²) in [5, 5.41) is 10.5. The highest BCUT2D eigenvalue weighted by molar-refractivity contribution is 7.11. The van der Waals surface area contributed by atoms with E-state index >= 15 is 0 Å². The minimum Gasteiger partial charge on any atom is -0.478 e. The molecule has 0 saturated heterocycles. The number of rotatable bonds is 5. The van der Waals surface area contributed by atoms with Crippen LogP contribution in [0.3, 0.4) is 0 Å². The number of hydrogen-bond acceptors (Lipinski definition) is 4. The smallest absolute Gasteiger partial charge is 0.328 e. The van der Waals surface area contributed by atoms with Crippen molar-refractivity contribution >= 4 is 29.3 Å². The van der Waals surface area contributed by atoms with Crippen molar-refractivity contribution in [3.8, 4) is 0 Å². The summed E-state index contributed by atoms with van der Waals surface area (Å²) in [7, 11) is 1.70. The number of carbonyl (C=O) groups excluding carboxylic acids is 1. The van der Waals surface area contributed by atoms with E-state index in [9.17, 15) is 9.59 Å². The fourth-order valence-electron chi connectivity index (χ4n) is 1.80. The number of thiophene rings is 1. The van der Waals surface area contributed by atoms with Gasteiger partial charge in [-0.2, -0.15) is 0 Å². The first-order valence-electron chi connectivity index (χ1n) is 6.26. The summed E-state index contributed by atoms with van der Waals surface area (Å²) >= 11 is 1.43. The van der Waals surface area contributed by atoms with Crippen LogP contribution in [0.5, 0.6) is 0 Å². The van der Waals surface area contributed by atoms with Crippen LogP contribution in [0.2, 0.25) is 0 Å². The largest absolute Gasteiger partial charge is 0.478 e. The number of aryl methyl sites for hydroxylation is 1. The van der Waals surface area contributed by atoms with Crippen LogP contribution >= 0.6 is 11.3 Å². The predicted octanol–water partition coefficient (Wildman–Crippen LogP) is 3.02. The molecule has 2 heterocycles. The summed E-state index contributed by atoms with van der Waals surface area (Å²) in [5.74, 6) is -0.151. The summed E-state index contributed by atoms with van der Waals surface area (Å²) in [6, 6.07) is 5.27. The summed E-state index contributed by atoms with van der Waals surface area (Å²) < 4.78 is 5.31. The second-order valence-electron chi connectivity index (χ2n) is 4.60. The Labute approximate surface area is 126 Å². The lowest BCUT2D eigenvalue weighted by molar-refractivity contribution is -0.131. The van der Waals surface area contributed by atoms with Gasteiger partial charge in [-0.15, -0.1) is 11.3 Å². The van der Waals surface area contributed by atoms with E-state index < -0.39 is 5.97 Å². The average molecular weight is 305 g/mol. The molecule has 0 bridgehead atoms. The predicted molar refractivity (Wildman–Crippen MR) is 80.2 cm³/mol. The molecule has 0 fully saturated rings. The first kappa shape index (κ1) is 15.1. The Morgan fingerprint density at radius 1 is 1.43 bits per heavy atom. The fraction of sp³-hybridized carbons (Fsp3) is 0.200. The van der Waals surface area contributed by atoms with Gasteiger partial charge in [0.25, 0.3) is 5.91 Å². The Morgan fingerprint density at radius 3 is 2.81 bits per heavy atom. The normalized spacial score (nSPS) is 11.0. The van der Waals surface area contributed by atoms with Gasteiger partial charge in [0.1, 0.15) is 5.76 Å². The van der Waals surface area contributed by atoms with E-state index in [-0.39, 0.29) is 5.91 Å². The topological polar surface area (TPSA) is 70.8 Å². The van der Waals surface area contributed by atoms with E-state index in [2.05, 4.69) is 0 Å². The SMILES string of the molecule is Cc1ccc(C(=O)N(C)Cc2csc(C=CC(=O)O)c2)o1. The zero-order valence-corrected chi connectivity index (χ0v) is 12.5. The zero-order valence-electron chi connectivity index (χ0n) is 11.7. The van der Waals surface area contributed by atoms with Crippen molar-refractivity contribution in [1.29, 1.82) is 0 Å². The molecule has 2 aromatic heterocycles. The molecule has 0 aliphatic rings. The van der Waals surface area contributed by atoms with Crippen LogP contribution < -0.4 is 0 Å². The van der Waals surface area contributed by atoms with Crippen molar-refractivity contribution in [2.75, 3.05) is 7.05 Å². The van der Waals surface area contributed by atoms with Crippen molar-refractivity contribution in [3.05, 3.63) is 51.6 Å². The van der Waals surface area contributed by atoms with Crippen LogP contribution in [-0.2, 0) is 11.3 Å². The van der Waals surface area contributed by atoms with Crippen LogP contribution in [0.1, 0.15) is 26.8 Å². The van der Waals surface area contributed by atoms with Crippen molar-refractivity contribution in [2.45, 2.75) is 13.5 Å². The minimum atomic E-state index is -0.981. The minimum absolute atomic E-state index is 0.183. The number of carbonyl (C=O) groups is 2. The van der Waals surface area contributed by atoms with Gasteiger partial charge in [-0.3, -0.25) is 4.79 Å². The Bertz CT molecular complexity index is 683. The van der Waals surface area contributed by atoms with Crippen molar-refractivity contribution < 1.29 is 19.1 Å². The Balaban J connectivity index is 2.01. The van der Waals surface area contributed by atoms with Crippen molar-refractivity contribution in [2.24, 2.45) is 0 Å². The number of carboxylic acid groups (broad SMARTS) is 1. The maximum atomic E-state index is 12.1. The van der Waals surface area contributed by atoms with Gasteiger partial charge in [0, 0.05) is 24.5 Å². The lowest BCUT2D eigenvalue weighted by Crippen LogP contribution is -2.25. The third kappa shape index (κ3) is 4.06. The van der Waals surface area contributed by atoms with Crippen LogP contribution in [0, 0.1) is 6.92 Å². The highest BCUT2D eigenvalue weighted by Crippen LogP contribution is 2.18. The van der Waals surface area contributed by atoms with E-state index in [0.29, 0.717) is 18.1 Å². The maximum absolute atomic E-state index is 12.1. The molecule has 0 spiro atoms. The van der Waals surface area contributed by atoms with E-state index in [1.807, 2.05) is 11.4 Å². The van der Waals surface area contributed by atoms with Crippen LogP contribution in [0.25, 0.3) is 6.08 Å². The molecule has 1 amide bonds. The monoisotopic (exact) mass is 305 g/mol. The van der Waals surface area contributed by atoms with Crippen LogP contribution in [-0.4, -0.2) is 28.9 Å². The molecule has 2 aromatic rings. The first-order valence-corrected chi connectivity index (χ1v) is 7.14. The summed E-state index contributed by atoms with van der Waals surface area (Å²) in [6.45, 7) is 2.23. The molecular formula is C15H15NO4S. The maximum Gasteiger partial charge on any atom is 0.328 e. The molecule has 0 radical (unpaired) electrons. The Kier molecular flexibility index (Phi) is 4.59. The summed E-state index contributed by atoms with van der Waals surface area (Å²) in [5.41, 5.74) is 0.948. The van der Waals surface area contributed by atoms with Crippen molar-refractivity contribution in [1.82, 2.24) is 4.90 Å². The average Bonchev–Trinajstić information content (AvgIpc) is 3.04. The zero-order chi connectivity index (χ0) is 15.4. The van der Waals surface area contributed by atoms with Gasteiger partial charge in [-0.25, -0.2) is 4.79 Å². The molecule has 1 N–H and O–H groups in total. The van der Waals surface area contributed by atoms with E-state index in [4.69, 9.17) is 9.52 Å². The van der Waals surface area contributed by atoms with Crippen LogP contribution in [0.15, 0.2) is 34.1 Å². The van der Waals surface area contributed by atoms with Gasteiger partial charge >= 0.3 is 5.97 Å². The molecular weight excluding hydrogens is 290 g/mol. The Morgan fingerprint density at radius 2 is 2.19 bits per heavy atom. The molecule has 0 unspecified atom stereocenters. The van der Waals surface area contributed by atoms with Gasteiger partial charge in [0.2, 0.25) is 0 Å². The molecule has 0 atom stereocenters. The summed E-state index contributed by atoms with van der Waals surface area (Å²) in [4.78, 5) is 25.0. The molecule has 110 valence electrons. The highest BCUT2D eigenvalue weighted by atomic mass is 32.1. The number of hydrogen-bond donors (Lipinski definition) is 1. The van der Waals surface area contributed by atoms with Crippen LogP contribution in [0.4, 0.5) is 0 Å². The third-order valence-electron chi connectivity index (χ3n) is 2.78. The van der Waals surface area contributed by atoms with Gasteiger partial charge in [0.15, 0.2) is 5.76 Å². The molecule has 0 aromatic carbocycles. The van der Waals surface area contributed by atoms with E-state index in [1.165, 1.54) is 17.4 Å². The molecule has 6 heteroatoms. The molecule has 0 aliphatic heterocycles. The Hall–Kier alpha value is -2.34. The lowest BCUT2D eigenvalue weighted by atomic mass is 10.2. The lowest BCUT2D eigenvalue weighted by Gasteiger charge is -2.14. The summed E-state index contributed by atoms with van der Waals surface area (Å²) in [6.07, 6.45) is 2.63. The van der Waals surface area contributed by atoms with Gasteiger partial charge in [-0.05, 0) is 42.1 Å². The molecule has 2 rings (SSSR count). The van der Waals surface area contributed by atoms with Gasteiger partial charge in [-0.1, -0.05) is 0 Å². The highest BCUT2D eigenvalue weighted by Gasteiger charge is 2.15. The van der Waals surface area contributed by atoms with Gasteiger partial charge < -0.3 is 14.4 Å².